The molecule has 1 aromatic heterocycles. The largest absolute Gasteiger partial charge is 0.398 e. The standard InChI is InChI=1S/C16H19N3/c1-12-11-18-16(10-15(12)17)19-8-6-13-4-2-3-5-14(13)7-9-19/h2-5,10-11H,6-9H2,1H3,(H2,17,18). The van der Waals surface area contributed by atoms with Gasteiger partial charge >= 0.3 is 0 Å². The summed E-state index contributed by atoms with van der Waals surface area (Å²) in [5.41, 5.74) is 10.8. The Morgan fingerprint density at radius 3 is 2.32 bits per heavy atom. The van der Waals surface area contributed by atoms with Gasteiger partial charge in [-0.25, -0.2) is 4.98 Å². The number of aromatic nitrogens is 1. The van der Waals surface area contributed by atoms with Crippen molar-refractivity contribution in [1.29, 1.82) is 0 Å². The van der Waals surface area contributed by atoms with Gasteiger partial charge in [-0.2, -0.15) is 0 Å². The van der Waals surface area contributed by atoms with Crippen LogP contribution in [-0.2, 0) is 12.8 Å². The fourth-order valence-electron chi connectivity index (χ4n) is 2.60. The summed E-state index contributed by atoms with van der Waals surface area (Å²) in [4.78, 5) is 6.84. The third-order valence-corrected chi connectivity index (χ3v) is 3.87. The third kappa shape index (κ3) is 2.41. The maximum Gasteiger partial charge on any atom is 0.130 e. The van der Waals surface area contributed by atoms with Gasteiger partial charge in [0.05, 0.1) is 0 Å². The number of nitrogens with two attached hydrogens (primary N) is 1. The average Bonchev–Trinajstić information content (AvgIpc) is 2.64. The Labute approximate surface area is 114 Å². The van der Waals surface area contributed by atoms with E-state index in [1.807, 2.05) is 19.2 Å². The van der Waals surface area contributed by atoms with Crippen LogP contribution in [0.15, 0.2) is 36.5 Å². The van der Waals surface area contributed by atoms with E-state index in [1.54, 1.807) is 0 Å². The van der Waals surface area contributed by atoms with Gasteiger partial charge in [-0.1, -0.05) is 24.3 Å². The number of fused-ring (bicyclic) bond motifs is 1. The molecule has 19 heavy (non-hydrogen) atoms. The Hall–Kier alpha value is -2.03. The van der Waals surface area contributed by atoms with Crippen LogP contribution in [0.1, 0.15) is 16.7 Å². The summed E-state index contributed by atoms with van der Waals surface area (Å²) in [5.74, 6) is 0.996. The van der Waals surface area contributed by atoms with E-state index in [2.05, 4.69) is 34.1 Å². The Morgan fingerprint density at radius 1 is 1.11 bits per heavy atom. The van der Waals surface area contributed by atoms with E-state index < -0.39 is 0 Å². The lowest BCUT2D eigenvalue weighted by molar-refractivity contribution is 0.790. The van der Waals surface area contributed by atoms with Crippen LogP contribution in [-0.4, -0.2) is 18.1 Å². The molecule has 3 rings (SSSR count). The third-order valence-electron chi connectivity index (χ3n) is 3.87. The Kier molecular flexibility index (Phi) is 3.11. The van der Waals surface area contributed by atoms with Crippen molar-refractivity contribution in [2.24, 2.45) is 0 Å². The lowest BCUT2D eigenvalue weighted by Crippen LogP contribution is -2.27. The summed E-state index contributed by atoms with van der Waals surface area (Å²) in [6.07, 6.45) is 4.01. The van der Waals surface area contributed by atoms with Gasteiger partial charge in [-0.3, -0.25) is 0 Å². The van der Waals surface area contributed by atoms with E-state index in [9.17, 15) is 0 Å². The number of nitrogens with zero attached hydrogens (tertiary/aromatic N) is 2. The van der Waals surface area contributed by atoms with Crippen LogP contribution in [0.25, 0.3) is 0 Å². The number of hydrogen-bond donors (Lipinski definition) is 1. The molecule has 3 heteroatoms. The number of benzene rings is 1. The number of nitrogen functional groups attached to an aromatic ring is 1. The van der Waals surface area contributed by atoms with Crippen molar-refractivity contribution in [2.75, 3.05) is 23.7 Å². The number of aryl methyl sites for hydroxylation is 1. The van der Waals surface area contributed by atoms with E-state index in [0.717, 1.165) is 43.0 Å². The van der Waals surface area contributed by atoms with Gasteiger partial charge in [-0.05, 0) is 36.5 Å². The van der Waals surface area contributed by atoms with Crippen molar-refractivity contribution in [1.82, 2.24) is 4.98 Å². The molecule has 1 aliphatic rings. The number of hydrogen-bond acceptors (Lipinski definition) is 3. The van der Waals surface area contributed by atoms with Crippen molar-refractivity contribution in [2.45, 2.75) is 19.8 Å². The van der Waals surface area contributed by atoms with Crippen LogP contribution in [0.4, 0.5) is 11.5 Å². The lowest BCUT2D eigenvalue weighted by atomic mass is 10.0. The summed E-state index contributed by atoms with van der Waals surface area (Å²) >= 11 is 0. The molecule has 0 unspecified atom stereocenters. The summed E-state index contributed by atoms with van der Waals surface area (Å²) < 4.78 is 0. The molecule has 3 nitrogen and oxygen atoms in total. The minimum absolute atomic E-state index is 0.826. The fourth-order valence-corrected chi connectivity index (χ4v) is 2.60. The maximum atomic E-state index is 5.98. The Bertz CT molecular complexity index is 565. The molecule has 1 aromatic carbocycles. The van der Waals surface area contributed by atoms with Crippen LogP contribution >= 0.6 is 0 Å². The summed E-state index contributed by atoms with van der Waals surface area (Å²) in [7, 11) is 0. The molecule has 0 atom stereocenters. The van der Waals surface area contributed by atoms with Crippen LogP contribution in [0.3, 0.4) is 0 Å². The molecule has 0 spiro atoms. The SMILES string of the molecule is Cc1cnc(N2CCc3ccccc3CC2)cc1N. The van der Waals surface area contributed by atoms with Crippen LogP contribution in [0, 0.1) is 6.92 Å². The molecule has 1 aliphatic heterocycles. The molecule has 2 heterocycles. The monoisotopic (exact) mass is 253 g/mol. The van der Waals surface area contributed by atoms with Crippen LogP contribution in [0.5, 0.6) is 0 Å². The molecular weight excluding hydrogens is 234 g/mol. The molecule has 2 N–H and O–H groups in total. The molecular formula is C16H19N3. The quantitative estimate of drug-likeness (QED) is 0.849. The Morgan fingerprint density at radius 2 is 1.74 bits per heavy atom. The van der Waals surface area contributed by atoms with E-state index in [4.69, 9.17) is 5.73 Å². The van der Waals surface area contributed by atoms with Crippen molar-refractivity contribution in [3.8, 4) is 0 Å². The molecule has 0 saturated carbocycles. The van der Waals surface area contributed by atoms with Gasteiger partial charge in [0.15, 0.2) is 0 Å². The van der Waals surface area contributed by atoms with Crippen LogP contribution in [0.2, 0.25) is 0 Å². The zero-order valence-electron chi connectivity index (χ0n) is 11.3. The molecule has 0 radical (unpaired) electrons. The summed E-state index contributed by atoms with van der Waals surface area (Å²) in [6, 6.07) is 10.7. The highest BCUT2D eigenvalue weighted by Crippen LogP contribution is 2.22. The van der Waals surface area contributed by atoms with Gasteiger partial charge in [-0.15, -0.1) is 0 Å². The Balaban J connectivity index is 1.83. The van der Waals surface area contributed by atoms with Gasteiger partial charge in [0.25, 0.3) is 0 Å². The van der Waals surface area contributed by atoms with Gasteiger partial charge in [0.2, 0.25) is 0 Å². The molecule has 0 aliphatic carbocycles. The predicted octanol–water partition coefficient (Wildman–Crippen LogP) is 2.58. The second-order valence-corrected chi connectivity index (χ2v) is 5.15. The maximum absolute atomic E-state index is 5.98. The van der Waals surface area contributed by atoms with Crippen molar-refractivity contribution in [3.05, 3.63) is 53.2 Å². The number of rotatable bonds is 1. The molecule has 0 bridgehead atoms. The van der Waals surface area contributed by atoms with E-state index >= 15 is 0 Å². The highest BCUT2D eigenvalue weighted by atomic mass is 15.2. The highest BCUT2D eigenvalue weighted by Gasteiger charge is 2.15. The zero-order chi connectivity index (χ0) is 13.2. The molecule has 98 valence electrons. The van der Waals surface area contributed by atoms with Crippen molar-refractivity contribution < 1.29 is 0 Å². The second kappa shape index (κ2) is 4.92. The molecule has 0 fully saturated rings. The van der Waals surface area contributed by atoms with Gasteiger partial charge < -0.3 is 10.6 Å². The first kappa shape index (κ1) is 12.0. The first-order valence-electron chi connectivity index (χ1n) is 6.78. The molecule has 2 aromatic rings. The van der Waals surface area contributed by atoms with Crippen molar-refractivity contribution >= 4 is 11.5 Å². The molecule has 0 amide bonds. The fraction of sp³-hybridized carbons (Fsp3) is 0.312. The van der Waals surface area contributed by atoms with Crippen molar-refractivity contribution in [3.63, 3.8) is 0 Å². The smallest absolute Gasteiger partial charge is 0.130 e. The van der Waals surface area contributed by atoms with E-state index in [-0.39, 0.29) is 0 Å². The first-order valence-corrected chi connectivity index (χ1v) is 6.78. The normalized spacial score (nSPS) is 14.9. The first-order chi connectivity index (χ1) is 9.24. The highest BCUT2D eigenvalue weighted by molar-refractivity contribution is 5.55. The van der Waals surface area contributed by atoms with Gasteiger partial charge in [0.1, 0.15) is 5.82 Å². The lowest BCUT2D eigenvalue weighted by Gasteiger charge is -2.21. The molecule has 0 saturated heterocycles. The minimum Gasteiger partial charge on any atom is -0.398 e. The second-order valence-electron chi connectivity index (χ2n) is 5.15. The predicted molar refractivity (Wildman–Crippen MR) is 79.4 cm³/mol. The zero-order valence-corrected chi connectivity index (χ0v) is 11.3. The topological polar surface area (TPSA) is 42.2 Å². The van der Waals surface area contributed by atoms with E-state index in [0.29, 0.717) is 0 Å². The van der Waals surface area contributed by atoms with Gasteiger partial charge in [0, 0.05) is 31.0 Å². The van der Waals surface area contributed by atoms with E-state index in [1.165, 1.54) is 11.1 Å². The summed E-state index contributed by atoms with van der Waals surface area (Å²) in [5, 5.41) is 0. The van der Waals surface area contributed by atoms with Crippen LogP contribution < -0.4 is 10.6 Å². The number of pyridine rings is 1. The average molecular weight is 253 g/mol. The minimum atomic E-state index is 0.826. The number of anilines is 2. The summed E-state index contributed by atoms with van der Waals surface area (Å²) in [6.45, 7) is 4.00.